The van der Waals surface area contributed by atoms with E-state index in [0.29, 0.717) is 13.2 Å². The van der Waals surface area contributed by atoms with Crippen molar-refractivity contribution in [2.75, 3.05) is 6.61 Å². The van der Waals surface area contributed by atoms with Gasteiger partial charge in [-0.15, -0.1) is 0 Å². The van der Waals surface area contributed by atoms with Gasteiger partial charge in [0, 0.05) is 6.07 Å². The predicted octanol–water partition coefficient (Wildman–Crippen LogP) is 6.19. The Morgan fingerprint density at radius 1 is 0.963 bits per heavy atom. The highest BCUT2D eigenvalue weighted by Crippen LogP contribution is 2.37. The van der Waals surface area contributed by atoms with Crippen molar-refractivity contribution >= 4 is 8.32 Å². The molecular weight excluding hydrogens is 359 g/mol. The summed E-state index contributed by atoms with van der Waals surface area (Å²) in [5, 5.41) is 0.176. The molecule has 0 saturated heterocycles. The van der Waals surface area contributed by atoms with Crippen molar-refractivity contribution < 1.29 is 18.3 Å². The molecule has 0 spiro atoms. The van der Waals surface area contributed by atoms with Gasteiger partial charge in [-0.05, 0) is 54.9 Å². The van der Waals surface area contributed by atoms with Crippen molar-refractivity contribution in [3.63, 3.8) is 0 Å². The molecule has 0 heterocycles. The number of rotatable bonds is 8. The van der Waals surface area contributed by atoms with E-state index in [1.54, 1.807) is 12.1 Å². The molecule has 0 aliphatic carbocycles. The summed E-state index contributed by atoms with van der Waals surface area (Å²) in [5.74, 6) is 1.22. The van der Waals surface area contributed by atoms with E-state index in [-0.39, 0.29) is 17.0 Å². The van der Waals surface area contributed by atoms with E-state index in [1.165, 1.54) is 12.1 Å². The number of halogens is 1. The van der Waals surface area contributed by atoms with Crippen LogP contribution in [0, 0.1) is 5.82 Å². The Kier molecular flexibility index (Phi) is 7.06. The van der Waals surface area contributed by atoms with Crippen molar-refractivity contribution in [3.8, 4) is 11.5 Å². The summed E-state index contributed by atoms with van der Waals surface area (Å²) in [6.07, 6.45) is 0.0229. The van der Waals surface area contributed by atoms with Crippen LogP contribution in [0.25, 0.3) is 0 Å². The van der Waals surface area contributed by atoms with E-state index in [2.05, 4.69) is 40.8 Å². The molecule has 2 aromatic carbocycles. The topological polar surface area (TPSA) is 27.7 Å². The lowest BCUT2D eigenvalue weighted by Crippen LogP contribution is -2.44. The second kappa shape index (κ2) is 8.89. The first-order chi connectivity index (χ1) is 12.6. The largest absolute Gasteiger partial charge is 0.491 e. The molecule has 3 nitrogen and oxygen atoms in total. The molecule has 2 rings (SSSR count). The molecule has 5 heteroatoms. The Hall–Kier alpha value is -1.85. The molecule has 0 saturated carbocycles. The minimum atomic E-state index is -1.80. The summed E-state index contributed by atoms with van der Waals surface area (Å²) in [4.78, 5) is 0. The van der Waals surface area contributed by atoms with Crippen LogP contribution in [0.4, 0.5) is 4.39 Å². The third kappa shape index (κ3) is 6.67. The zero-order chi connectivity index (χ0) is 20.1. The van der Waals surface area contributed by atoms with Crippen LogP contribution in [0.2, 0.25) is 18.1 Å². The molecule has 0 radical (unpaired) electrons. The van der Waals surface area contributed by atoms with Crippen molar-refractivity contribution in [1.82, 2.24) is 0 Å². The predicted molar refractivity (Wildman–Crippen MR) is 110 cm³/mol. The van der Waals surface area contributed by atoms with Crippen molar-refractivity contribution in [2.24, 2.45) is 0 Å². The molecular formula is C22H31FO3Si. The van der Waals surface area contributed by atoms with Gasteiger partial charge in [0.2, 0.25) is 0 Å². The standard InChI is InChI=1S/C22H31FO3Si/c1-17(26-27(5,6)22(2,3)4)15-24-20-8-7-9-21(14-20)25-16-18-10-12-19(23)13-11-18/h7-14,17H,15-16H2,1-6H3/t17-/m1/s1. The number of hydrogen-bond donors (Lipinski definition) is 0. The molecule has 0 aliphatic rings. The molecule has 0 aromatic heterocycles. The van der Waals surface area contributed by atoms with Crippen LogP contribution in [0.1, 0.15) is 33.3 Å². The molecule has 0 amide bonds. The molecule has 0 fully saturated rings. The maximum atomic E-state index is 13.0. The van der Waals surface area contributed by atoms with Crippen molar-refractivity contribution in [3.05, 3.63) is 59.9 Å². The van der Waals surface area contributed by atoms with Crippen LogP contribution in [0.15, 0.2) is 48.5 Å². The highest BCUT2D eigenvalue weighted by Gasteiger charge is 2.38. The third-order valence-electron chi connectivity index (χ3n) is 4.91. The molecule has 2 aromatic rings. The first-order valence-corrected chi connectivity index (χ1v) is 12.3. The quantitative estimate of drug-likeness (QED) is 0.503. The van der Waals surface area contributed by atoms with E-state index < -0.39 is 8.32 Å². The van der Waals surface area contributed by atoms with Gasteiger partial charge in [-0.25, -0.2) is 4.39 Å². The SMILES string of the molecule is C[C@H](COc1cccc(OCc2ccc(F)cc2)c1)O[Si](C)(C)C(C)(C)C. The van der Waals surface area contributed by atoms with Gasteiger partial charge in [0.05, 0.1) is 6.10 Å². The van der Waals surface area contributed by atoms with Crippen LogP contribution in [0.5, 0.6) is 11.5 Å². The first-order valence-electron chi connectivity index (χ1n) is 9.35. The van der Waals surface area contributed by atoms with Gasteiger partial charge in [0.1, 0.15) is 30.5 Å². The first kappa shape index (κ1) is 21.4. The van der Waals surface area contributed by atoms with Gasteiger partial charge in [-0.3, -0.25) is 0 Å². The maximum absolute atomic E-state index is 13.0. The second-order valence-electron chi connectivity index (χ2n) is 8.39. The summed E-state index contributed by atoms with van der Waals surface area (Å²) in [5.41, 5.74) is 0.916. The lowest BCUT2D eigenvalue weighted by molar-refractivity contribution is 0.129. The van der Waals surface area contributed by atoms with Gasteiger partial charge >= 0.3 is 0 Å². The van der Waals surface area contributed by atoms with Crippen molar-refractivity contribution in [1.29, 1.82) is 0 Å². The van der Waals surface area contributed by atoms with Crippen LogP contribution < -0.4 is 9.47 Å². The fraction of sp³-hybridized carbons (Fsp3) is 0.455. The second-order valence-corrected chi connectivity index (χ2v) is 13.1. The fourth-order valence-corrected chi connectivity index (χ4v) is 3.76. The Balaban J connectivity index is 1.87. The molecule has 0 unspecified atom stereocenters. The van der Waals surface area contributed by atoms with Gasteiger partial charge in [0.15, 0.2) is 8.32 Å². The van der Waals surface area contributed by atoms with Gasteiger partial charge in [-0.2, -0.15) is 0 Å². The highest BCUT2D eigenvalue weighted by atomic mass is 28.4. The Morgan fingerprint density at radius 2 is 1.56 bits per heavy atom. The summed E-state index contributed by atoms with van der Waals surface area (Å²) < 4.78 is 31.0. The van der Waals surface area contributed by atoms with Crippen LogP contribution in [-0.2, 0) is 11.0 Å². The molecule has 0 bridgehead atoms. The van der Waals surface area contributed by atoms with Crippen molar-refractivity contribution in [2.45, 2.75) is 58.5 Å². The van der Waals surface area contributed by atoms with Crippen LogP contribution >= 0.6 is 0 Å². The minimum Gasteiger partial charge on any atom is -0.491 e. The maximum Gasteiger partial charge on any atom is 0.192 e. The van der Waals surface area contributed by atoms with E-state index in [4.69, 9.17) is 13.9 Å². The highest BCUT2D eigenvalue weighted by molar-refractivity contribution is 6.74. The monoisotopic (exact) mass is 390 g/mol. The molecule has 1 atom stereocenters. The fourth-order valence-electron chi connectivity index (χ4n) is 2.33. The lowest BCUT2D eigenvalue weighted by Gasteiger charge is -2.38. The molecule has 0 N–H and O–H groups in total. The Morgan fingerprint density at radius 3 is 2.15 bits per heavy atom. The minimum absolute atomic E-state index is 0.0229. The van der Waals surface area contributed by atoms with E-state index >= 15 is 0 Å². The number of ether oxygens (including phenoxy) is 2. The third-order valence-corrected chi connectivity index (χ3v) is 9.51. The van der Waals surface area contributed by atoms with Crippen LogP contribution in [-0.4, -0.2) is 21.0 Å². The average Bonchev–Trinajstić information content (AvgIpc) is 2.58. The normalized spacial score (nSPS) is 13.3. The van der Waals surface area contributed by atoms with Gasteiger partial charge in [-0.1, -0.05) is 39.0 Å². The zero-order valence-corrected chi connectivity index (χ0v) is 18.2. The number of hydrogen-bond acceptors (Lipinski definition) is 3. The summed E-state index contributed by atoms with van der Waals surface area (Å²) in [7, 11) is -1.80. The van der Waals surface area contributed by atoms with Gasteiger partial charge < -0.3 is 13.9 Å². The van der Waals surface area contributed by atoms with E-state index in [9.17, 15) is 4.39 Å². The van der Waals surface area contributed by atoms with E-state index in [1.807, 2.05) is 24.3 Å². The lowest BCUT2D eigenvalue weighted by atomic mass is 10.2. The summed E-state index contributed by atoms with van der Waals surface area (Å²) >= 11 is 0. The van der Waals surface area contributed by atoms with Gasteiger partial charge in [0.25, 0.3) is 0 Å². The average molecular weight is 391 g/mol. The van der Waals surface area contributed by atoms with Crippen LogP contribution in [0.3, 0.4) is 0 Å². The molecule has 148 valence electrons. The molecule has 27 heavy (non-hydrogen) atoms. The number of benzene rings is 2. The van der Waals surface area contributed by atoms with E-state index in [0.717, 1.165) is 17.1 Å². The molecule has 0 aliphatic heterocycles. The Labute approximate surface area is 163 Å². The summed E-state index contributed by atoms with van der Waals surface area (Å²) in [6, 6.07) is 13.8. The smallest absolute Gasteiger partial charge is 0.192 e. The Bertz CT molecular complexity index is 723. The summed E-state index contributed by atoms with van der Waals surface area (Å²) in [6.45, 7) is 14.1. The zero-order valence-electron chi connectivity index (χ0n) is 17.2.